The molecule has 100 valence electrons. The van der Waals surface area contributed by atoms with Crippen molar-refractivity contribution in [2.24, 2.45) is 0 Å². The zero-order chi connectivity index (χ0) is 13.9. The molecule has 0 amide bonds. The highest BCUT2D eigenvalue weighted by atomic mass is 35.5. The molecule has 0 saturated heterocycles. The maximum absolute atomic E-state index is 9.89. The van der Waals surface area contributed by atoms with E-state index >= 15 is 0 Å². The summed E-state index contributed by atoms with van der Waals surface area (Å²) in [6, 6.07) is 19.8. The van der Waals surface area contributed by atoms with Crippen LogP contribution in [-0.4, -0.2) is 5.11 Å². The van der Waals surface area contributed by atoms with Crippen molar-refractivity contribution in [2.75, 3.05) is 5.32 Å². The number of anilines is 1. The summed E-state index contributed by atoms with van der Waals surface area (Å²) in [5.41, 5.74) is 1.83. The first kappa shape index (κ1) is 12.8. The van der Waals surface area contributed by atoms with Gasteiger partial charge < -0.3 is 10.4 Å². The zero-order valence-corrected chi connectivity index (χ0v) is 11.6. The van der Waals surface area contributed by atoms with E-state index in [1.54, 1.807) is 6.07 Å². The molecule has 3 aromatic rings. The molecule has 0 fully saturated rings. The predicted octanol–water partition coefficient (Wildman–Crippen LogP) is 4.81. The van der Waals surface area contributed by atoms with Crippen LogP contribution in [0.25, 0.3) is 10.8 Å². The number of benzene rings is 3. The number of halogens is 1. The number of aromatic hydroxyl groups is 1. The van der Waals surface area contributed by atoms with Gasteiger partial charge in [-0.05, 0) is 28.5 Å². The van der Waals surface area contributed by atoms with E-state index in [0.717, 1.165) is 0 Å². The molecule has 2 nitrogen and oxygen atoms in total. The highest BCUT2D eigenvalue weighted by Crippen LogP contribution is 2.31. The standard InChI is InChI=1S/C17H14ClNO/c18-15-9-4-10-16(17(15)20)19-11-13-7-3-6-12-5-1-2-8-14(12)13/h1-10,19-20H,11H2. The maximum Gasteiger partial charge on any atom is 0.157 e. The van der Waals surface area contributed by atoms with Gasteiger partial charge in [-0.25, -0.2) is 0 Å². The molecule has 20 heavy (non-hydrogen) atoms. The molecule has 0 aromatic heterocycles. The van der Waals surface area contributed by atoms with Crippen molar-refractivity contribution in [1.29, 1.82) is 0 Å². The third kappa shape index (κ3) is 2.43. The van der Waals surface area contributed by atoms with Crippen LogP contribution >= 0.6 is 11.6 Å². The molecule has 0 aliphatic rings. The summed E-state index contributed by atoms with van der Waals surface area (Å²) in [5.74, 6) is 0.0920. The first-order valence-electron chi connectivity index (χ1n) is 6.44. The Hall–Kier alpha value is -2.19. The Balaban J connectivity index is 1.89. The number of nitrogens with one attached hydrogen (secondary N) is 1. The van der Waals surface area contributed by atoms with E-state index in [1.165, 1.54) is 16.3 Å². The summed E-state index contributed by atoms with van der Waals surface area (Å²) in [4.78, 5) is 0. The summed E-state index contributed by atoms with van der Waals surface area (Å²) in [6.45, 7) is 0.634. The molecule has 0 bridgehead atoms. The van der Waals surface area contributed by atoms with Crippen LogP contribution in [0, 0.1) is 0 Å². The number of phenolic OH excluding ortho intramolecular Hbond substituents is 1. The van der Waals surface area contributed by atoms with Crippen LogP contribution < -0.4 is 5.32 Å². The molecule has 0 heterocycles. The van der Waals surface area contributed by atoms with Gasteiger partial charge in [0.25, 0.3) is 0 Å². The summed E-state index contributed by atoms with van der Waals surface area (Å²) >= 11 is 5.90. The molecule has 3 aromatic carbocycles. The van der Waals surface area contributed by atoms with Crippen molar-refractivity contribution in [1.82, 2.24) is 0 Å². The van der Waals surface area contributed by atoms with Crippen molar-refractivity contribution in [3.63, 3.8) is 0 Å². The largest absolute Gasteiger partial charge is 0.504 e. The first-order valence-corrected chi connectivity index (χ1v) is 6.81. The fourth-order valence-corrected chi connectivity index (χ4v) is 2.47. The van der Waals surface area contributed by atoms with Crippen molar-refractivity contribution in [3.05, 3.63) is 71.2 Å². The van der Waals surface area contributed by atoms with E-state index in [0.29, 0.717) is 17.3 Å². The second-order valence-corrected chi connectivity index (χ2v) is 5.04. The van der Waals surface area contributed by atoms with Gasteiger partial charge in [0.15, 0.2) is 5.75 Å². The molecule has 0 unspecified atom stereocenters. The molecule has 0 radical (unpaired) electrons. The molecule has 0 atom stereocenters. The van der Waals surface area contributed by atoms with E-state index in [2.05, 4.69) is 29.6 Å². The van der Waals surface area contributed by atoms with Gasteiger partial charge in [-0.1, -0.05) is 60.1 Å². The van der Waals surface area contributed by atoms with Gasteiger partial charge >= 0.3 is 0 Å². The lowest BCUT2D eigenvalue weighted by atomic mass is 10.0. The highest BCUT2D eigenvalue weighted by Gasteiger charge is 2.05. The summed E-state index contributed by atoms with van der Waals surface area (Å²) in [7, 11) is 0. The molecule has 0 aliphatic heterocycles. The Kier molecular flexibility index (Phi) is 3.48. The average molecular weight is 284 g/mol. The molecular formula is C17H14ClNO. The van der Waals surface area contributed by atoms with Crippen LogP contribution in [0.2, 0.25) is 5.02 Å². The molecule has 0 saturated carbocycles. The minimum Gasteiger partial charge on any atom is -0.504 e. The smallest absolute Gasteiger partial charge is 0.157 e. The monoisotopic (exact) mass is 283 g/mol. The Labute approximate surface area is 122 Å². The number of rotatable bonds is 3. The fourth-order valence-electron chi connectivity index (χ4n) is 2.30. The van der Waals surface area contributed by atoms with Gasteiger partial charge in [0.05, 0.1) is 10.7 Å². The Morgan fingerprint density at radius 2 is 1.65 bits per heavy atom. The molecule has 3 heteroatoms. The lowest BCUT2D eigenvalue weighted by molar-refractivity contribution is 0.477. The van der Waals surface area contributed by atoms with Crippen molar-refractivity contribution in [2.45, 2.75) is 6.54 Å². The minimum absolute atomic E-state index is 0.0920. The van der Waals surface area contributed by atoms with Gasteiger partial charge in [-0.2, -0.15) is 0 Å². The maximum atomic E-state index is 9.89. The van der Waals surface area contributed by atoms with Gasteiger partial charge in [-0.15, -0.1) is 0 Å². The number of hydrogen-bond acceptors (Lipinski definition) is 2. The minimum atomic E-state index is 0.0920. The number of fused-ring (bicyclic) bond motifs is 1. The first-order chi connectivity index (χ1) is 9.75. The second-order valence-electron chi connectivity index (χ2n) is 4.63. The Morgan fingerprint density at radius 3 is 2.55 bits per heavy atom. The third-order valence-corrected chi connectivity index (χ3v) is 3.64. The van der Waals surface area contributed by atoms with E-state index < -0.39 is 0 Å². The van der Waals surface area contributed by atoms with E-state index in [-0.39, 0.29) is 5.75 Å². The van der Waals surface area contributed by atoms with Gasteiger partial charge in [0.2, 0.25) is 0 Å². The summed E-state index contributed by atoms with van der Waals surface area (Å²) in [6.07, 6.45) is 0. The van der Waals surface area contributed by atoms with Crippen molar-refractivity contribution in [3.8, 4) is 5.75 Å². The lowest BCUT2D eigenvalue weighted by Gasteiger charge is -2.11. The van der Waals surface area contributed by atoms with Crippen molar-refractivity contribution >= 4 is 28.1 Å². The normalized spacial score (nSPS) is 10.7. The molecule has 0 aliphatic carbocycles. The summed E-state index contributed by atoms with van der Waals surface area (Å²) in [5, 5.41) is 15.9. The van der Waals surface area contributed by atoms with E-state index in [4.69, 9.17) is 11.6 Å². The van der Waals surface area contributed by atoms with Crippen LogP contribution in [0.5, 0.6) is 5.75 Å². The Bertz CT molecular complexity index is 750. The van der Waals surface area contributed by atoms with Crippen LogP contribution in [-0.2, 0) is 6.54 Å². The van der Waals surface area contributed by atoms with Crippen LogP contribution in [0.3, 0.4) is 0 Å². The van der Waals surface area contributed by atoms with Crippen LogP contribution in [0.1, 0.15) is 5.56 Å². The van der Waals surface area contributed by atoms with E-state index in [9.17, 15) is 5.11 Å². The quantitative estimate of drug-likeness (QED) is 0.676. The predicted molar refractivity (Wildman–Crippen MR) is 84.4 cm³/mol. The van der Waals surface area contributed by atoms with Crippen LogP contribution in [0.15, 0.2) is 60.7 Å². The fraction of sp³-hybridized carbons (Fsp3) is 0.0588. The summed E-state index contributed by atoms with van der Waals surface area (Å²) < 4.78 is 0. The number of phenols is 1. The number of hydrogen-bond donors (Lipinski definition) is 2. The van der Waals surface area contributed by atoms with Crippen LogP contribution in [0.4, 0.5) is 5.69 Å². The average Bonchev–Trinajstić information content (AvgIpc) is 2.49. The molecule has 2 N–H and O–H groups in total. The third-order valence-electron chi connectivity index (χ3n) is 3.34. The highest BCUT2D eigenvalue weighted by molar-refractivity contribution is 6.32. The second kappa shape index (κ2) is 5.43. The number of para-hydroxylation sites is 1. The van der Waals surface area contributed by atoms with Gasteiger partial charge in [0, 0.05) is 6.54 Å². The topological polar surface area (TPSA) is 32.3 Å². The lowest BCUT2D eigenvalue weighted by Crippen LogP contribution is -2.00. The van der Waals surface area contributed by atoms with E-state index in [1.807, 2.05) is 30.3 Å². The van der Waals surface area contributed by atoms with Gasteiger partial charge in [0.1, 0.15) is 0 Å². The Morgan fingerprint density at radius 1 is 0.900 bits per heavy atom. The van der Waals surface area contributed by atoms with Gasteiger partial charge in [-0.3, -0.25) is 0 Å². The molecular weight excluding hydrogens is 270 g/mol. The molecule has 0 spiro atoms. The SMILES string of the molecule is Oc1c(Cl)cccc1NCc1cccc2ccccc12. The zero-order valence-electron chi connectivity index (χ0n) is 10.8. The van der Waals surface area contributed by atoms with Crippen molar-refractivity contribution < 1.29 is 5.11 Å². The molecule has 3 rings (SSSR count).